The minimum Gasteiger partial charge on any atom is -0.376 e. The SMILES string of the molecule is COC(c1cc(C)cc(C)c1)C(C)(C)C. The molecule has 0 aromatic heterocycles. The van der Waals surface area contributed by atoms with Crippen LogP contribution in [-0.4, -0.2) is 7.11 Å². The summed E-state index contributed by atoms with van der Waals surface area (Å²) in [5, 5.41) is 0. The summed E-state index contributed by atoms with van der Waals surface area (Å²) in [4.78, 5) is 0. The predicted molar refractivity (Wildman–Crippen MR) is 65.1 cm³/mol. The fourth-order valence-electron chi connectivity index (χ4n) is 2.15. The molecule has 1 nitrogen and oxygen atoms in total. The summed E-state index contributed by atoms with van der Waals surface area (Å²) < 4.78 is 5.61. The predicted octanol–water partition coefficient (Wildman–Crippen LogP) is 4.04. The van der Waals surface area contributed by atoms with Crippen molar-refractivity contribution >= 4 is 0 Å². The van der Waals surface area contributed by atoms with Crippen LogP contribution in [0.4, 0.5) is 0 Å². The summed E-state index contributed by atoms with van der Waals surface area (Å²) in [5.41, 5.74) is 4.02. The molecule has 0 N–H and O–H groups in total. The Hall–Kier alpha value is -0.820. The van der Waals surface area contributed by atoms with Gasteiger partial charge >= 0.3 is 0 Å². The van der Waals surface area contributed by atoms with Crippen molar-refractivity contribution in [2.75, 3.05) is 7.11 Å². The van der Waals surface area contributed by atoms with Crippen LogP contribution in [0.2, 0.25) is 0 Å². The first-order chi connectivity index (χ1) is 6.84. The van der Waals surface area contributed by atoms with Gasteiger partial charge in [-0.1, -0.05) is 50.1 Å². The van der Waals surface area contributed by atoms with Gasteiger partial charge in [0.2, 0.25) is 0 Å². The highest BCUT2D eigenvalue weighted by atomic mass is 16.5. The molecule has 1 unspecified atom stereocenters. The zero-order valence-corrected chi connectivity index (χ0v) is 10.7. The Morgan fingerprint density at radius 1 is 1.00 bits per heavy atom. The monoisotopic (exact) mass is 206 g/mol. The lowest BCUT2D eigenvalue weighted by molar-refractivity contribution is 0.0151. The van der Waals surface area contributed by atoms with Crippen LogP contribution in [0.5, 0.6) is 0 Å². The molecule has 0 heterocycles. The molecule has 0 saturated heterocycles. The van der Waals surface area contributed by atoms with E-state index in [1.54, 1.807) is 7.11 Å². The van der Waals surface area contributed by atoms with Gasteiger partial charge in [0, 0.05) is 7.11 Å². The Kier molecular flexibility index (Phi) is 3.56. The molecular weight excluding hydrogens is 184 g/mol. The van der Waals surface area contributed by atoms with E-state index in [0.29, 0.717) is 0 Å². The lowest BCUT2D eigenvalue weighted by atomic mass is 9.84. The van der Waals surface area contributed by atoms with Crippen molar-refractivity contribution in [3.63, 3.8) is 0 Å². The summed E-state index contributed by atoms with van der Waals surface area (Å²) in [7, 11) is 1.79. The molecule has 0 bridgehead atoms. The van der Waals surface area contributed by atoms with Crippen molar-refractivity contribution < 1.29 is 4.74 Å². The van der Waals surface area contributed by atoms with Crippen LogP contribution < -0.4 is 0 Å². The highest BCUT2D eigenvalue weighted by Crippen LogP contribution is 2.36. The molecule has 84 valence electrons. The summed E-state index contributed by atoms with van der Waals surface area (Å²) >= 11 is 0. The quantitative estimate of drug-likeness (QED) is 0.709. The van der Waals surface area contributed by atoms with Gasteiger partial charge in [-0.3, -0.25) is 0 Å². The molecule has 0 amide bonds. The topological polar surface area (TPSA) is 9.23 Å². The Bertz CT molecular complexity index is 313. The molecule has 0 fully saturated rings. The molecule has 15 heavy (non-hydrogen) atoms. The molecular formula is C14H22O. The first kappa shape index (κ1) is 12.3. The van der Waals surface area contributed by atoms with Crippen molar-refractivity contribution in [2.45, 2.75) is 40.7 Å². The third kappa shape index (κ3) is 3.07. The van der Waals surface area contributed by atoms with E-state index in [0.717, 1.165) is 0 Å². The standard InChI is InChI=1S/C14H22O/c1-10-7-11(2)9-12(8-10)13(15-6)14(3,4)5/h7-9,13H,1-6H3. The smallest absolute Gasteiger partial charge is 0.0869 e. The number of hydrogen-bond acceptors (Lipinski definition) is 1. The van der Waals surface area contributed by atoms with Gasteiger partial charge in [-0.25, -0.2) is 0 Å². The summed E-state index contributed by atoms with van der Waals surface area (Å²) in [6.45, 7) is 10.9. The molecule has 1 aromatic rings. The van der Waals surface area contributed by atoms with Gasteiger partial charge in [-0.2, -0.15) is 0 Å². The van der Waals surface area contributed by atoms with E-state index in [-0.39, 0.29) is 11.5 Å². The second-order valence-corrected chi connectivity index (χ2v) is 5.40. The van der Waals surface area contributed by atoms with Gasteiger partial charge in [0.1, 0.15) is 0 Å². The second-order valence-electron chi connectivity index (χ2n) is 5.40. The maximum Gasteiger partial charge on any atom is 0.0869 e. The lowest BCUT2D eigenvalue weighted by Crippen LogP contribution is -2.20. The van der Waals surface area contributed by atoms with Crippen LogP contribution in [0.1, 0.15) is 43.6 Å². The first-order valence-corrected chi connectivity index (χ1v) is 5.45. The third-order valence-electron chi connectivity index (χ3n) is 2.57. The molecule has 0 radical (unpaired) electrons. The molecule has 1 atom stereocenters. The van der Waals surface area contributed by atoms with E-state index in [1.165, 1.54) is 16.7 Å². The number of methoxy groups -OCH3 is 1. The van der Waals surface area contributed by atoms with Crippen molar-refractivity contribution in [3.8, 4) is 0 Å². The first-order valence-electron chi connectivity index (χ1n) is 5.45. The Morgan fingerprint density at radius 3 is 1.80 bits per heavy atom. The van der Waals surface area contributed by atoms with Gasteiger partial charge in [0.15, 0.2) is 0 Å². The van der Waals surface area contributed by atoms with Crippen LogP contribution in [0, 0.1) is 19.3 Å². The maximum atomic E-state index is 5.61. The van der Waals surface area contributed by atoms with Crippen LogP contribution in [0.3, 0.4) is 0 Å². The van der Waals surface area contributed by atoms with Crippen LogP contribution >= 0.6 is 0 Å². The lowest BCUT2D eigenvalue weighted by Gasteiger charge is -2.30. The fourth-order valence-corrected chi connectivity index (χ4v) is 2.15. The second kappa shape index (κ2) is 4.36. The summed E-state index contributed by atoms with van der Waals surface area (Å²) in [5.74, 6) is 0. The van der Waals surface area contributed by atoms with Gasteiger partial charge < -0.3 is 4.74 Å². The maximum absolute atomic E-state index is 5.61. The highest BCUT2D eigenvalue weighted by Gasteiger charge is 2.26. The Labute approximate surface area is 93.5 Å². The normalized spacial score (nSPS) is 14.0. The number of rotatable bonds is 2. The largest absolute Gasteiger partial charge is 0.376 e. The van der Waals surface area contributed by atoms with Crippen LogP contribution in [-0.2, 0) is 4.74 Å². The average Bonchev–Trinajstić information content (AvgIpc) is 1.99. The zero-order chi connectivity index (χ0) is 11.6. The van der Waals surface area contributed by atoms with E-state index in [2.05, 4.69) is 52.8 Å². The molecule has 0 saturated carbocycles. The zero-order valence-electron chi connectivity index (χ0n) is 10.7. The molecule has 0 aliphatic heterocycles. The average molecular weight is 206 g/mol. The molecule has 1 heteroatoms. The van der Waals surface area contributed by atoms with Crippen LogP contribution in [0.25, 0.3) is 0 Å². The van der Waals surface area contributed by atoms with Gasteiger partial charge in [0.25, 0.3) is 0 Å². The molecule has 0 aliphatic rings. The van der Waals surface area contributed by atoms with E-state index >= 15 is 0 Å². The van der Waals surface area contributed by atoms with Crippen molar-refractivity contribution in [2.24, 2.45) is 5.41 Å². The van der Waals surface area contributed by atoms with Gasteiger partial charge in [0.05, 0.1) is 6.10 Å². The van der Waals surface area contributed by atoms with E-state index in [4.69, 9.17) is 4.74 Å². The number of benzene rings is 1. The number of aryl methyl sites for hydroxylation is 2. The highest BCUT2D eigenvalue weighted by molar-refractivity contribution is 5.30. The third-order valence-corrected chi connectivity index (χ3v) is 2.57. The van der Waals surface area contributed by atoms with E-state index < -0.39 is 0 Å². The summed E-state index contributed by atoms with van der Waals surface area (Å²) in [6.07, 6.45) is 0.163. The van der Waals surface area contributed by atoms with E-state index in [9.17, 15) is 0 Å². The van der Waals surface area contributed by atoms with E-state index in [1.807, 2.05) is 0 Å². The summed E-state index contributed by atoms with van der Waals surface area (Å²) in [6, 6.07) is 6.62. The molecule has 0 spiro atoms. The minimum absolute atomic E-state index is 0.134. The van der Waals surface area contributed by atoms with Crippen molar-refractivity contribution in [3.05, 3.63) is 34.9 Å². The number of hydrogen-bond donors (Lipinski definition) is 0. The van der Waals surface area contributed by atoms with Crippen molar-refractivity contribution in [1.82, 2.24) is 0 Å². The fraction of sp³-hybridized carbons (Fsp3) is 0.571. The molecule has 1 rings (SSSR count). The Balaban J connectivity index is 3.13. The van der Waals surface area contributed by atoms with Gasteiger partial charge in [-0.05, 0) is 24.8 Å². The Morgan fingerprint density at radius 2 is 1.47 bits per heavy atom. The molecule has 0 aliphatic carbocycles. The number of ether oxygens (including phenoxy) is 1. The molecule has 1 aromatic carbocycles. The van der Waals surface area contributed by atoms with Gasteiger partial charge in [-0.15, -0.1) is 0 Å². The van der Waals surface area contributed by atoms with Crippen molar-refractivity contribution in [1.29, 1.82) is 0 Å². The minimum atomic E-state index is 0.134. The van der Waals surface area contributed by atoms with Crippen LogP contribution in [0.15, 0.2) is 18.2 Å².